The fourth-order valence-corrected chi connectivity index (χ4v) is 3.21. The van der Waals surface area contributed by atoms with Crippen molar-refractivity contribution in [3.8, 4) is 22.9 Å². The molecule has 2 aromatic heterocycles. The van der Waals surface area contributed by atoms with Gasteiger partial charge < -0.3 is 14.8 Å². The lowest BCUT2D eigenvalue weighted by molar-refractivity contribution is -0.122. The van der Waals surface area contributed by atoms with E-state index in [1.165, 1.54) is 0 Å². The van der Waals surface area contributed by atoms with Gasteiger partial charge in [0.25, 0.3) is 0 Å². The predicted octanol–water partition coefficient (Wildman–Crippen LogP) is 1.78. The normalized spacial score (nSPS) is 15.0. The minimum absolute atomic E-state index is 0.0936. The first-order valence-corrected chi connectivity index (χ1v) is 9.06. The van der Waals surface area contributed by atoms with Gasteiger partial charge in [-0.25, -0.2) is 0 Å². The number of nitrogens with one attached hydrogen (secondary N) is 1. The smallest absolute Gasteiger partial charge is 0.241 e. The molecule has 0 radical (unpaired) electrons. The van der Waals surface area contributed by atoms with Gasteiger partial charge in [-0.1, -0.05) is 12.1 Å². The average molecular weight is 379 g/mol. The number of aromatic nitrogens is 4. The van der Waals surface area contributed by atoms with Gasteiger partial charge in [-0.05, 0) is 30.7 Å². The van der Waals surface area contributed by atoms with Crippen LogP contribution in [0.25, 0.3) is 11.3 Å². The van der Waals surface area contributed by atoms with Crippen LogP contribution in [-0.2, 0) is 17.8 Å². The van der Waals surface area contributed by atoms with Gasteiger partial charge in [0.15, 0.2) is 0 Å². The van der Waals surface area contributed by atoms with Crippen molar-refractivity contribution in [3.05, 3.63) is 53.9 Å². The predicted molar refractivity (Wildman–Crippen MR) is 102 cm³/mol. The van der Waals surface area contributed by atoms with Crippen molar-refractivity contribution >= 4 is 5.91 Å². The summed E-state index contributed by atoms with van der Waals surface area (Å²) < 4.78 is 12.8. The minimum Gasteiger partial charge on any atom is -0.487 e. The maximum absolute atomic E-state index is 12.1. The molecule has 1 amide bonds. The zero-order valence-corrected chi connectivity index (χ0v) is 15.8. The van der Waals surface area contributed by atoms with E-state index in [1.54, 1.807) is 24.1 Å². The number of benzene rings is 1. The number of ether oxygens (including phenoxy) is 2. The third-order valence-corrected chi connectivity index (χ3v) is 4.56. The Balaban J connectivity index is 1.40. The summed E-state index contributed by atoms with van der Waals surface area (Å²) in [6.07, 6.45) is 2.40. The van der Waals surface area contributed by atoms with E-state index in [9.17, 15) is 4.79 Å². The van der Waals surface area contributed by atoms with Crippen LogP contribution < -0.4 is 14.8 Å². The van der Waals surface area contributed by atoms with Crippen LogP contribution >= 0.6 is 0 Å². The number of hydrogen-bond donors (Lipinski definition) is 1. The van der Waals surface area contributed by atoms with E-state index in [2.05, 4.69) is 20.6 Å². The lowest BCUT2D eigenvalue weighted by Crippen LogP contribution is -2.36. The molecular weight excluding hydrogens is 358 g/mol. The van der Waals surface area contributed by atoms with Crippen LogP contribution in [0.4, 0.5) is 0 Å². The zero-order chi connectivity index (χ0) is 19.5. The van der Waals surface area contributed by atoms with Crippen molar-refractivity contribution in [2.75, 3.05) is 13.7 Å². The van der Waals surface area contributed by atoms with Crippen molar-refractivity contribution in [2.24, 2.45) is 0 Å². The fraction of sp³-hybridized carbons (Fsp3) is 0.300. The number of hydrogen-bond acceptors (Lipinski definition) is 6. The van der Waals surface area contributed by atoms with Gasteiger partial charge in [-0.3, -0.25) is 9.48 Å². The number of para-hydroxylation sites is 1. The molecule has 1 N–H and O–H groups in total. The summed E-state index contributed by atoms with van der Waals surface area (Å²) in [5.74, 6) is 1.16. The molecule has 8 nitrogen and oxygen atoms in total. The van der Waals surface area contributed by atoms with E-state index in [0.29, 0.717) is 12.4 Å². The highest BCUT2D eigenvalue weighted by Gasteiger charge is 2.26. The van der Waals surface area contributed by atoms with Crippen molar-refractivity contribution in [2.45, 2.75) is 26.0 Å². The lowest BCUT2D eigenvalue weighted by atomic mass is 10.0. The van der Waals surface area contributed by atoms with Gasteiger partial charge in [-0.15, -0.1) is 10.2 Å². The highest BCUT2D eigenvalue weighted by Crippen LogP contribution is 2.37. The van der Waals surface area contributed by atoms with Crippen LogP contribution in [0, 0.1) is 6.92 Å². The molecule has 1 aliphatic rings. The molecule has 0 saturated carbocycles. The Morgan fingerprint density at radius 1 is 1.29 bits per heavy atom. The molecule has 0 aliphatic carbocycles. The Labute approximate surface area is 162 Å². The van der Waals surface area contributed by atoms with Crippen molar-refractivity contribution < 1.29 is 14.3 Å². The monoisotopic (exact) mass is 379 g/mol. The number of amides is 1. The number of fused-ring (bicyclic) bond motifs is 1. The number of aryl methyl sites for hydroxylation is 1. The second-order valence-electron chi connectivity index (χ2n) is 6.66. The largest absolute Gasteiger partial charge is 0.487 e. The third-order valence-electron chi connectivity index (χ3n) is 4.56. The van der Waals surface area contributed by atoms with Crippen LogP contribution in [0.5, 0.6) is 11.6 Å². The summed E-state index contributed by atoms with van der Waals surface area (Å²) in [5.41, 5.74) is 3.58. The number of carbonyl (C=O) groups is 1. The molecule has 1 unspecified atom stereocenters. The van der Waals surface area contributed by atoms with E-state index in [0.717, 1.165) is 34.7 Å². The van der Waals surface area contributed by atoms with E-state index >= 15 is 0 Å². The van der Waals surface area contributed by atoms with Gasteiger partial charge in [0.1, 0.15) is 18.4 Å². The van der Waals surface area contributed by atoms with Crippen LogP contribution in [0.2, 0.25) is 0 Å². The third kappa shape index (κ3) is 3.80. The van der Waals surface area contributed by atoms with E-state index < -0.39 is 0 Å². The van der Waals surface area contributed by atoms with Crippen LogP contribution in [0.3, 0.4) is 0 Å². The molecule has 0 fully saturated rings. The molecule has 1 atom stereocenters. The van der Waals surface area contributed by atoms with Gasteiger partial charge in [0, 0.05) is 24.2 Å². The van der Waals surface area contributed by atoms with E-state index in [-0.39, 0.29) is 18.6 Å². The molecule has 3 aromatic rings. The summed E-state index contributed by atoms with van der Waals surface area (Å²) in [7, 11) is 1.55. The average Bonchev–Trinajstić information content (AvgIpc) is 3.31. The second-order valence-corrected chi connectivity index (χ2v) is 6.66. The van der Waals surface area contributed by atoms with Gasteiger partial charge in [-0.2, -0.15) is 5.10 Å². The Morgan fingerprint density at radius 3 is 2.89 bits per heavy atom. The van der Waals surface area contributed by atoms with Crippen molar-refractivity contribution in [1.29, 1.82) is 0 Å². The molecule has 28 heavy (non-hydrogen) atoms. The van der Waals surface area contributed by atoms with Crippen LogP contribution in [0.15, 0.2) is 42.6 Å². The van der Waals surface area contributed by atoms with Gasteiger partial charge in [0.05, 0.1) is 25.0 Å². The number of rotatable bonds is 6. The topological polar surface area (TPSA) is 91.2 Å². The molecule has 4 rings (SSSR count). The molecule has 144 valence electrons. The second kappa shape index (κ2) is 7.67. The highest BCUT2D eigenvalue weighted by molar-refractivity contribution is 5.75. The standard InChI is InChI=1S/C20H21N5O3/c1-13-8-9-25(24-13)12-18(26)21-11-15-10-14-4-3-5-16(20(14)28-15)17-6-7-19(27-2)23-22-17/h3-9,15H,10-12H2,1-2H3,(H,21,26). The summed E-state index contributed by atoms with van der Waals surface area (Å²) >= 11 is 0. The van der Waals surface area contributed by atoms with Crippen LogP contribution in [-0.4, -0.2) is 45.6 Å². The zero-order valence-electron chi connectivity index (χ0n) is 15.8. The minimum atomic E-state index is -0.120. The van der Waals surface area contributed by atoms with Crippen LogP contribution in [0.1, 0.15) is 11.3 Å². The summed E-state index contributed by atoms with van der Waals surface area (Å²) in [5, 5.41) is 15.4. The number of methoxy groups -OCH3 is 1. The maximum atomic E-state index is 12.1. The summed E-state index contributed by atoms with van der Waals surface area (Å²) in [6.45, 7) is 2.52. The van der Waals surface area contributed by atoms with Gasteiger partial charge in [0.2, 0.25) is 11.8 Å². The molecule has 1 aliphatic heterocycles. The molecule has 0 bridgehead atoms. The number of nitrogens with zero attached hydrogens (tertiary/aromatic N) is 4. The van der Waals surface area contributed by atoms with E-state index in [1.807, 2.05) is 37.3 Å². The highest BCUT2D eigenvalue weighted by atomic mass is 16.5. The Morgan fingerprint density at radius 2 is 2.18 bits per heavy atom. The molecule has 8 heteroatoms. The fourth-order valence-electron chi connectivity index (χ4n) is 3.21. The Bertz CT molecular complexity index is 984. The Hall–Kier alpha value is -3.42. The van der Waals surface area contributed by atoms with E-state index in [4.69, 9.17) is 9.47 Å². The van der Waals surface area contributed by atoms with Gasteiger partial charge >= 0.3 is 0 Å². The number of carbonyl (C=O) groups excluding carboxylic acids is 1. The van der Waals surface area contributed by atoms with Crippen molar-refractivity contribution in [3.63, 3.8) is 0 Å². The quantitative estimate of drug-likeness (QED) is 0.702. The first-order chi connectivity index (χ1) is 13.6. The molecule has 0 spiro atoms. The summed E-state index contributed by atoms with van der Waals surface area (Å²) in [4.78, 5) is 12.1. The molecule has 3 heterocycles. The first-order valence-electron chi connectivity index (χ1n) is 9.06. The summed E-state index contributed by atoms with van der Waals surface area (Å²) in [6, 6.07) is 11.5. The lowest BCUT2D eigenvalue weighted by Gasteiger charge is -2.13. The van der Waals surface area contributed by atoms with Crippen molar-refractivity contribution in [1.82, 2.24) is 25.3 Å². The first kappa shape index (κ1) is 18.0. The Kier molecular flexibility index (Phi) is 4.92. The SMILES string of the molecule is COc1ccc(-c2cccc3c2OC(CNC(=O)Cn2ccc(C)n2)C3)nn1. The molecular formula is C20H21N5O3. The molecule has 1 aromatic carbocycles. The maximum Gasteiger partial charge on any atom is 0.241 e. The molecule has 0 saturated heterocycles.